The van der Waals surface area contributed by atoms with E-state index in [4.69, 9.17) is 18.9 Å². The number of carboxylic acids is 2. The third kappa shape index (κ3) is 11.2. The van der Waals surface area contributed by atoms with E-state index in [1.165, 1.54) is 0 Å². The Bertz CT molecular complexity index is 1100. The van der Waals surface area contributed by atoms with E-state index in [0.717, 1.165) is 46.0 Å². The van der Waals surface area contributed by atoms with Gasteiger partial charge in [0.2, 0.25) is 11.8 Å². The van der Waals surface area contributed by atoms with Crippen molar-refractivity contribution in [3.63, 3.8) is 0 Å². The number of aliphatic hydroxyl groups excluding tert-OH is 7. The van der Waals surface area contributed by atoms with Gasteiger partial charge in [-0.05, 0) is 6.42 Å². The molecule has 0 aromatic heterocycles. The maximum absolute atomic E-state index is 12.4. The van der Waals surface area contributed by atoms with Crippen LogP contribution < -0.4 is 10.6 Å². The normalized spacial score (nSPS) is 32.8. The van der Waals surface area contributed by atoms with Gasteiger partial charge in [0.1, 0.15) is 36.6 Å². The molecule has 2 saturated heterocycles. The van der Waals surface area contributed by atoms with Crippen molar-refractivity contribution in [2.45, 2.75) is 145 Å². The van der Waals surface area contributed by atoms with Gasteiger partial charge in [-0.25, -0.2) is 9.59 Å². The number of aliphatic hydroxyl groups is 7. The second kappa shape index (κ2) is 19.2. The molecule has 11 N–H and O–H groups in total. The van der Waals surface area contributed by atoms with Gasteiger partial charge >= 0.3 is 11.9 Å². The minimum atomic E-state index is -2.87. The summed E-state index contributed by atoms with van der Waals surface area (Å²) in [6.45, 7) is 1.98. The molecule has 49 heavy (non-hydrogen) atoms. The Balaban J connectivity index is 2.31. The van der Waals surface area contributed by atoms with Crippen LogP contribution in [0, 0.1) is 0 Å². The summed E-state index contributed by atoms with van der Waals surface area (Å²) in [6, 6.07) is -2.97. The minimum Gasteiger partial charge on any atom is -0.477 e. The molecule has 2 fully saturated rings. The largest absolute Gasteiger partial charge is 0.477 e. The molecule has 284 valence electrons. The molecule has 2 aliphatic rings. The van der Waals surface area contributed by atoms with Crippen LogP contribution in [-0.2, 0) is 38.1 Å². The van der Waals surface area contributed by atoms with E-state index in [0.29, 0.717) is 6.42 Å². The molecule has 0 spiro atoms. The standard InChI is InChI=1S/C30H52N2O17/c1-4-5-6-7-8-9-10-46-29(27(42)43)11-17(36)22(32-16(3)35)26(48-29)24(41)20(39)14-47-30(28(44)45)12-18(37)21(31-15(2)34)25(49-30)23(40)19(38)13-33/h17-26,33,36-41H,4-14H2,1-3H3,(H,31,34)(H,32,35)(H,42,43)(H,44,45)/t17-,18-,19+,20+,21+,22+,23+,24+,25+,26+,29+,30+/m0/s1. The molecule has 2 aliphatic heterocycles. The highest BCUT2D eigenvalue weighted by Gasteiger charge is 2.58. The monoisotopic (exact) mass is 712 g/mol. The maximum atomic E-state index is 12.4. The number of amides is 2. The first-order valence-corrected chi connectivity index (χ1v) is 16.3. The number of unbranched alkanes of at least 4 members (excludes halogenated alkanes) is 5. The second-order valence-electron chi connectivity index (χ2n) is 12.5. The van der Waals surface area contributed by atoms with E-state index in [2.05, 4.69) is 17.6 Å². The molecule has 12 atom stereocenters. The van der Waals surface area contributed by atoms with Crippen molar-refractivity contribution < 1.29 is 84.1 Å². The van der Waals surface area contributed by atoms with Gasteiger partial charge in [-0.15, -0.1) is 0 Å². The van der Waals surface area contributed by atoms with E-state index in [1.54, 1.807) is 0 Å². The van der Waals surface area contributed by atoms with Crippen molar-refractivity contribution in [1.29, 1.82) is 0 Å². The van der Waals surface area contributed by atoms with Crippen LogP contribution >= 0.6 is 0 Å². The lowest BCUT2D eigenvalue weighted by atomic mass is 9.88. The third-order valence-electron chi connectivity index (χ3n) is 8.51. The van der Waals surface area contributed by atoms with Crippen molar-refractivity contribution in [3.8, 4) is 0 Å². The molecular formula is C30H52N2O17. The van der Waals surface area contributed by atoms with Crippen LogP contribution in [0.2, 0.25) is 0 Å². The Morgan fingerprint density at radius 2 is 1.16 bits per heavy atom. The summed E-state index contributed by atoms with van der Waals surface area (Å²) in [5.74, 6) is -10.3. The number of carbonyl (C=O) groups is 4. The molecule has 0 saturated carbocycles. The van der Waals surface area contributed by atoms with E-state index in [1.807, 2.05) is 0 Å². The Morgan fingerprint density at radius 3 is 1.59 bits per heavy atom. The number of nitrogens with one attached hydrogen (secondary N) is 2. The quantitative estimate of drug-likeness (QED) is 0.0550. The second-order valence-corrected chi connectivity index (χ2v) is 12.5. The molecule has 19 nitrogen and oxygen atoms in total. The zero-order valence-corrected chi connectivity index (χ0v) is 27.8. The van der Waals surface area contributed by atoms with Gasteiger partial charge in [-0.2, -0.15) is 0 Å². The third-order valence-corrected chi connectivity index (χ3v) is 8.51. The van der Waals surface area contributed by atoms with Crippen molar-refractivity contribution in [1.82, 2.24) is 10.6 Å². The molecule has 0 unspecified atom stereocenters. The highest BCUT2D eigenvalue weighted by molar-refractivity contribution is 5.77. The van der Waals surface area contributed by atoms with Gasteiger partial charge in [0.05, 0.1) is 44.1 Å². The van der Waals surface area contributed by atoms with Gasteiger partial charge in [-0.1, -0.05) is 39.0 Å². The van der Waals surface area contributed by atoms with Crippen molar-refractivity contribution in [3.05, 3.63) is 0 Å². The van der Waals surface area contributed by atoms with Crippen LogP contribution in [0.4, 0.5) is 0 Å². The first kappa shape index (κ1) is 42.6. The summed E-state index contributed by atoms with van der Waals surface area (Å²) in [6.07, 6.45) is -11.9. The number of carbonyl (C=O) groups excluding carboxylic acids is 2. The predicted molar refractivity (Wildman–Crippen MR) is 163 cm³/mol. The van der Waals surface area contributed by atoms with Gasteiger partial charge in [0.15, 0.2) is 0 Å². The van der Waals surface area contributed by atoms with Gasteiger partial charge < -0.3 is 75.5 Å². The molecule has 0 aromatic carbocycles. The Hall–Kier alpha value is -2.56. The number of hydrogen-bond acceptors (Lipinski definition) is 15. The van der Waals surface area contributed by atoms with E-state index >= 15 is 0 Å². The van der Waals surface area contributed by atoms with Gasteiger partial charge in [-0.3, -0.25) is 9.59 Å². The minimum absolute atomic E-state index is 0.0945. The summed E-state index contributed by atoms with van der Waals surface area (Å²) in [7, 11) is 0. The zero-order valence-electron chi connectivity index (χ0n) is 27.8. The SMILES string of the molecule is CCCCCCCCO[C@]1(C(=O)O)C[C@H](O)[C@@H](NC(C)=O)[C@H]([C@H](O)[C@H](O)CO[C@]2(C(=O)O)C[C@H](O)[C@@H](NC(C)=O)[C@H]([C@H](O)[C@H](O)CO)O2)O1. The molecule has 0 radical (unpaired) electrons. The molecule has 0 aliphatic carbocycles. The number of ether oxygens (including phenoxy) is 4. The molecule has 19 heteroatoms. The lowest BCUT2D eigenvalue weighted by Crippen LogP contribution is -2.69. The molecule has 2 heterocycles. The van der Waals surface area contributed by atoms with E-state index in [-0.39, 0.29) is 6.61 Å². The Kier molecular flexibility index (Phi) is 16.7. The summed E-state index contributed by atoms with van der Waals surface area (Å²) in [4.78, 5) is 48.6. The molecule has 0 aromatic rings. The topological polar surface area (TPSA) is 311 Å². The van der Waals surface area contributed by atoms with Crippen LogP contribution in [0.1, 0.15) is 72.1 Å². The average molecular weight is 713 g/mol. The van der Waals surface area contributed by atoms with Crippen LogP contribution in [0.5, 0.6) is 0 Å². The van der Waals surface area contributed by atoms with Gasteiger partial charge in [0, 0.05) is 26.7 Å². The van der Waals surface area contributed by atoms with Gasteiger partial charge in [0.25, 0.3) is 11.6 Å². The fraction of sp³-hybridized carbons (Fsp3) is 0.867. The highest BCUT2D eigenvalue weighted by atomic mass is 16.7. The van der Waals surface area contributed by atoms with E-state index < -0.39 is 122 Å². The average Bonchev–Trinajstić information content (AvgIpc) is 3.03. The highest BCUT2D eigenvalue weighted by Crippen LogP contribution is 2.36. The van der Waals surface area contributed by atoms with Crippen molar-refractivity contribution in [2.24, 2.45) is 0 Å². The lowest BCUT2D eigenvalue weighted by Gasteiger charge is -2.47. The number of carboxylic acid groups (broad SMARTS) is 2. The van der Waals surface area contributed by atoms with Crippen molar-refractivity contribution >= 4 is 23.8 Å². The molecular weight excluding hydrogens is 660 g/mol. The number of aliphatic carboxylic acids is 2. The molecule has 0 bridgehead atoms. The predicted octanol–water partition coefficient (Wildman–Crippen LogP) is -3.31. The van der Waals surface area contributed by atoms with Crippen LogP contribution in [0.3, 0.4) is 0 Å². The van der Waals surface area contributed by atoms with Crippen LogP contribution in [-0.4, -0.2) is 162 Å². The van der Waals surface area contributed by atoms with Crippen LogP contribution in [0.25, 0.3) is 0 Å². The van der Waals surface area contributed by atoms with Crippen molar-refractivity contribution in [2.75, 3.05) is 19.8 Å². The number of hydrogen-bond donors (Lipinski definition) is 11. The first-order chi connectivity index (χ1) is 22.9. The van der Waals surface area contributed by atoms with E-state index in [9.17, 15) is 65.1 Å². The van der Waals surface area contributed by atoms with Crippen LogP contribution in [0.15, 0.2) is 0 Å². The summed E-state index contributed by atoms with van der Waals surface area (Å²) < 4.78 is 22.2. The number of rotatable bonds is 20. The fourth-order valence-corrected chi connectivity index (χ4v) is 5.88. The maximum Gasteiger partial charge on any atom is 0.364 e. The first-order valence-electron chi connectivity index (χ1n) is 16.3. The summed E-state index contributed by atoms with van der Waals surface area (Å²) in [5.41, 5.74) is 0. The Morgan fingerprint density at radius 1 is 0.735 bits per heavy atom. The molecule has 2 rings (SSSR count). The Labute approximate surface area is 283 Å². The zero-order chi connectivity index (χ0) is 37.1. The smallest absolute Gasteiger partial charge is 0.364 e. The fourth-order valence-electron chi connectivity index (χ4n) is 5.88. The summed E-state index contributed by atoms with van der Waals surface area (Å²) >= 11 is 0. The lowest BCUT2D eigenvalue weighted by molar-refractivity contribution is -0.325. The molecule has 2 amide bonds. The summed E-state index contributed by atoms with van der Waals surface area (Å²) in [5, 5.41) is 98.5.